The van der Waals surface area contributed by atoms with Gasteiger partial charge in [0.1, 0.15) is 5.75 Å². The molecule has 6 nitrogen and oxygen atoms in total. The molecular weight excluding hydrogens is 476 g/mol. The summed E-state index contributed by atoms with van der Waals surface area (Å²) in [5, 5.41) is 13.9. The lowest BCUT2D eigenvalue weighted by Crippen LogP contribution is -3.11. The molecule has 1 amide bonds. The van der Waals surface area contributed by atoms with Crippen LogP contribution in [0.3, 0.4) is 0 Å². The van der Waals surface area contributed by atoms with Gasteiger partial charge in [-0.2, -0.15) is 0 Å². The van der Waals surface area contributed by atoms with Crippen LogP contribution in [0.4, 0.5) is 0 Å². The van der Waals surface area contributed by atoms with Crippen LogP contribution in [0.1, 0.15) is 63.8 Å². The fourth-order valence-corrected chi connectivity index (χ4v) is 4.94. The number of benzene rings is 2. The Morgan fingerprint density at radius 2 is 1.72 bits per heavy atom. The lowest BCUT2D eigenvalue weighted by molar-refractivity contribution is -0.896. The van der Waals surface area contributed by atoms with E-state index in [0.29, 0.717) is 12.3 Å². The van der Waals surface area contributed by atoms with Gasteiger partial charge in [0.15, 0.2) is 0 Å². The van der Waals surface area contributed by atoms with Gasteiger partial charge in [0.2, 0.25) is 5.78 Å². The Morgan fingerprint density at radius 1 is 1.08 bits per heavy atom. The number of carbonyl (C=O) groups is 2. The van der Waals surface area contributed by atoms with Gasteiger partial charge in [0.25, 0.3) is 5.91 Å². The van der Waals surface area contributed by atoms with E-state index in [1.54, 1.807) is 17.0 Å². The lowest BCUT2D eigenvalue weighted by Gasteiger charge is -2.29. The maximum Gasteiger partial charge on any atom is 0.295 e. The summed E-state index contributed by atoms with van der Waals surface area (Å²) in [7, 11) is 1.49. The largest absolute Gasteiger partial charge is 0.872 e. The first-order valence-corrected chi connectivity index (χ1v) is 13.0. The molecule has 0 aliphatic carbocycles. The highest BCUT2D eigenvalue weighted by molar-refractivity contribution is 6.46. The molecule has 0 saturated carbocycles. The number of Topliss-reactive ketones (excluding diaryl/α,β-unsaturated/α-hetero) is 1. The van der Waals surface area contributed by atoms with Crippen LogP contribution in [0.25, 0.3) is 5.76 Å². The van der Waals surface area contributed by atoms with Gasteiger partial charge in [-0.3, -0.25) is 9.59 Å². The minimum absolute atomic E-state index is 0.0278. The number of hydrogen-bond acceptors (Lipinski definition) is 4. The molecule has 1 atom stereocenters. The second kappa shape index (κ2) is 11.5. The number of amides is 1. The topological polar surface area (TPSA) is 74.1 Å². The average Bonchev–Trinajstić information content (AvgIpc) is 3.10. The molecule has 0 radical (unpaired) electrons. The molecule has 0 bridgehead atoms. The SMILES string of the molecule is CC[NH+](CC)CCCN1C(=O)C(=O)/C(=C(/[O-])c2ccc(OC)c(Cl)c2)C1c1ccc(C(C)(C)C)cc1. The number of halogens is 1. The van der Waals surface area contributed by atoms with E-state index in [-0.39, 0.29) is 21.6 Å². The zero-order valence-corrected chi connectivity index (χ0v) is 22.9. The molecule has 7 heteroatoms. The minimum atomic E-state index is -0.743. The smallest absolute Gasteiger partial charge is 0.295 e. The molecule has 1 aliphatic heterocycles. The molecule has 1 unspecified atom stereocenters. The first-order chi connectivity index (χ1) is 17.0. The predicted molar refractivity (Wildman–Crippen MR) is 141 cm³/mol. The van der Waals surface area contributed by atoms with Crippen LogP contribution < -0.4 is 14.7 Å². The fourth-order valence-electron chi connectivity index (χ4n) is 4.68. The lowest BCUT2D eigenvalue weighted by atomic mass is 9.85. The highest BCUT2D eigenvalue weighted by atomic mass is 35.5. The molecule has 194 valence electrons. The van der Waals surface area contributed by atoms with Gasteiger partial charge < -0.3 is 19.6 Å². The number of carbonyl (C=O) groups excluding carboxylic acids is 2. The quantitative estimate of drug-likeness (QED) is 0.318. The Balaban J connectivity index is 2.08. The van der Waals surface area contributed by atoms with E-state index in [4.69, 9.17) is 16.3 Å². The van der Waals surface area contributed by atoms with Crippen LogP contribution >= 0.6 is 11.6 Å². The monoisotopic (exact) mass is 512 g/mol. The van der Waals surface area contributed by atoms with Crippen molar-refractivity contribution in [3.63, 3.8) is 0 Å². The average molecular weight is 513 g/mol. The summed E-state index contributed by atoms with van der Waals surface area (Å²) in [4.78, 5) is 29.4. The van der Waals surface area contributed by atoms with Crippen LogP contribution in [0.2, 0.25) is 5.02 Å². The number of likely N-dealkylation sites (tertiary alicyclic amines) is 1. The van der Waals surface area contributed by atoms with E-state index in [0.717, 1.165) is 37.2 Å². The van der Waals surface area contributed by atoms with E-state index < -0.39 is 23.5 Å². The van der Waals surface area contributed by atoms with Gasteiger partial charge in [-0.05, 0) is 48.1 Å². The number of rotatable bonds is 9. The molecule has 2 aromatic rings. The summed E-state index contributed by atoms with van der Waals surface area (Å²) in [6.45, 7) is 13.9. The third-order valence-electron chi connectivity index (χ3n) is 6.97. The van der Waals surface area contributed by atoms with Crippen molar-refractivity contribution < 1.29 is 24.3 Å². The number of ether oxygens (including phenoxy) is 1. The maximum atomic E-state index is 13.6. The van der Waals surface area contributed by atoms with Crippen LogP contribution in [0.5, 0.6) is 5.75 Å². The highest BCUT2D eigenvalue weighted by Gasteiger charge is 2.44. The molecule has 1 heterocycles. The third-order valence-corrected chi connectivity index (χ3v) is 7.26. The summed E-state index contributed by atoms with van der Waals surface area (Å²) in [6, 6.07) is 11.8. The van der Waals surface area contributed by atoms with Crippen molar-refractivity contribution in [1.29, 1.82) is 0 Å². The molecule has 0 aromatic heterocycles. The van der Waals surface area contributed by atoms with Crippen molar-refractivity contribution in [1.82, 2.24) is 4.90 Å². The molecule has 36 heavy (non-hydrogen) atoms. The van der Waals surface area contributed by atoms with Crippen molar-refractivity contribution in [2.45, 2.75) is 52.5 Å². The minimum Gasteiger partial charge on any atom is -0.872 e. The Kier molecular flexibility index (Phi) is 8.85. The Labute approximate surface area is 219 Å². The van der Waals surface area contributed by atoms with Gasteiger partial charge in [-0.1, -0.05) is 68.5 Å². The van der Waals surface area contributed by atoms with Crippen molar-refractivity contribution in [2.75, 3.05) is 33.3 Å². The molecule has 0 spiro atoms. The first-order valence-electron chi connectivity index (χ1n) is 12.6. The van der Waals surface area contributed by atoms with Crippen LogP contribution in [-0.2, 0) is 15.0 Å². The zero-order valence-electron chi connectivity index (χ0n) is 22.1. The number of ketones is 1. The normalized spacial score (nSPS) is 17.8. The van der Waals surface area contributed by atoms with Gasteiger partial charge in [0, 0.05) is 18.5 Å². The zero-order chi connectivity index (χ0) is 26.6. The number of nitrogens with zero attached hydrogens (tertiary/aromatic N) is 1. The summed E-state index contributed by atoms with van der Waals surface area (Å²) >= 11 is 6.26. The summed E-state index contributed by atoms with van der Waals surface area (Å²) in [5.74, 6) is -1.43. The van der Waals surface area contributed by atoms with Crippen molar-refractivity contribution in [3.8, 4) is 5.75 Å². The van der Waals surface area contributed by atoms with E-state index in [1.165, 1.54) is 18.1 Å². The number of quaternary nitrogens is 1. The van der Waals surface area contributed by atoms with Crippen molar-refractivity contribution in [3.05, 3.63) is 69.8 Å². The Hall–Kier alpha value is -2.83. The molecule has 3 rings (SSSR count). The second-order valence-electron chi connectivity index (χ2n) is 10.3. The standard InChI is InChI=1S/C29H37ClN2O4/c1-7-31(8-2)16-9-17-32-25(19-10-13-21(14-11-19)29(3,4)5)24(27(34)28(32)35)26(33)20-12-15-23(36-6)22(30)18-20/h10-15,18,25,33H,7-9,16-17H2,1-6H3/b26-24+. The van der Waals surface area contributed by atoms with E-state index in [9.17, 15) is 14.7 Å². The van der Waals surface area contributed by atoms with Crippen LogP contribution in [0, 0.1) is 0 Å². The second-order valence-corrected chi connectivity index (χ2v) is 10.7. The van der Waals surface area contributed by atoms with Crippen LogP contribution in [0.15, 0.2) is 48.0 Å². The Bertz CT molecular complexity index is 1130. The summed E-state index contributed by atoms with van der Waals surface area (Å²) < 4.78 is 5.19. The van der Waals surface area contributed by atoms with Crippen LogP contribution in [-0.4, -0.2) is 49.9 Å². The van der Waals surface area contributed by atoms with E-state index >= 15 is 0 Å². The van der Waals surface area contributed by atoms with Gasteiger partial charge in [0.05, 0.1) is 37.8 Å². The molecule has 1 saturated heterocycles. The van der Waals surface area contributed by atoms with E-state index in [2.05, 4.69) is 34.6 Å². The molecule has 1 N–H and O–H groups in total. The molecule has 1 aliphatic rings. The maximum absolute atomic E-state index is 13.6. The molecular formula is C29H37ClN2O4. The third kappa shape index (κ3) is 5.76. The Morgan fingerprint density at radius 3 is 2.25 bits per heavy atom. The number of methoxy groups -OCH3 is 1. The summed E-state index contributed by atoms with van der Waals surface area (Å²) in [5.41, 5.74) is 2.06. The van der Waals surface area contributed by atoms with Crippen molar-refractivity contribution >= 4 is 29.1 Å². The van der Waals surface area contributed by atoms with Crippen molar-refractivity contribution in [2.24, 2.45) is 0 Å². The van der Waals surface area contributed by atoms with Gasteiger partial charge in [-0.25, -0.2) is 0 Å². The summed E-state index contributed by atoms with van der Waals surface area (Å²) in [6.07, 6.45) is 0.739. The van der Waals surface area contributed by atoms with Gasteiger partial charge in [-0.15, -0.1) is 0 Å². The number of nitrogens with one attached hydrogen (secondary N) is 1. The first kappa shape index (κ1) is 27.8. The fraction of sp³-hybridized carbons (Fsp3) is 0.448. The predicted octanol–water partition coefficient (Wildman–Crippen LogP) is 3.18. The van der Waals surface area contributed by atoms with E-state index in [1.807, 2.05) is 24.3 Å². The molecule has 1 fully saturated rings. The van der Waals surface area contributed by atoms with Gasteiger partial charge >= 0.3 is 0 Å². The highest BCUT2D eigenvalue weighted by Crippen LogP contribution is 2.40. The molecule has 2 aromatic carbocycles. The number of hydrogen-bond donors (Lipinski definition) is 1.